The first kappa shape index (κ1) is 13.5. The molecule has 90 valence electrons. The molecule has 0 aliphatic heterocycles. The van der Waals surface area contributed by atoms with Gasteiger partial charge in [0, 0.05) is 18.0 Å². The van der Waals surface area contributed by atoms with Gasteiger partial charge in [0.15, 0.2) is 0 Å². The van der Waals surface area contributed by atoms with Gasteiger partial charge in [0.1, 0.15) is 0 Å². The Morgan fingerprint density at radius 3 is 2.50 bits per heavy atom. The van der Waals surface area contributed by atoms with E-state index in [2.05, 4.69) is 12.2 Å². The van der Waals surface area contributed by atoms with E-state index in [4.69, 9.17) is 11.6 Å². The van der Waals surface area contributed by atoms with Crippen LogP contribution < -0.4 is 5.32 Å². The normalized spacial score (nSPS) is 14.8. The Labute approximate surface area is 103 Å². The molecule has 2 N–H and O–H groups in total. The molecule has 1 unspecified atom stereocenters. The first-order chi connectivity index (χ1) is 7.53. The minimum atomic E-state index is -0.705. The molecule has 2 nitrogen and oxygen atoms in total. The van der Waals surface area contributed by atoms with Crippen molar-refractivity contribution in [3.8, 4) is 0 Å². The van der Waals surface area contributed by atoms with Crippen molar-refractivity contribution in [2.45, 2.75) is 32.3 Å². The molecule has 0 bridgehead atoms. The van der Waals surface area contributed by atoms with Crippen LogP contribution in [0.1, 0.15) is 25.8 Å². The van der Waals surface area contributed by atoms with Crippen LogP contribution in [0.5, 0.6) is 0 Å². The average molecular weight is 242 g/mol. The molecule has 3 heteroatoms. The largest absolute Gasteiger partial charge is 0.389 e. The number of hydrogen-bond acceptors (Lipinski definition) is 2. The van der Waals surface area contributed by atoms with E-state index in [1.165, 1.54) is 0 Å². The maximum Gasteiger partial charge on any atom is 0.0783 e. The predicted molar refractivity (Wildman–Crippen MR) is 68.9 cm³/mol. The van der Waals surface area contributed by atoms with Gasteiger partial charge in [-0.1, -0.05) is 30.7 Å². The second kappa shape index (κ2) is 6.24. The monoisotopic (exact) mass is 241 g/mol. The highest BCUT2D eigenvalue weighted by Gasteiger charge is 2.19. The van der Waals surface area contributed by atoms with Crippen LogP contribution >= 0.6 is 11.6 Å². The molecule has 0 heterocycles. The summed E-state index contributed by atoms with van der Waals surface area (Å²) in [6, 6.07) is 7.62. The molecule has 0 radical (unpaired) electrons. The Hall–Kier alpha value is -0.570. The van der Waals surface area contributed by atoms with Crippen molar-refractivity contribution in [1.82, 2.24) is 5.32 Å². The van der Waals surface area contributed by atoms with E-state index in [1.807, 2.05) is 31.2 Å². The van der Waals surface area contributed by atoms with Crippen LogP contribution in [-0.4, -0.2) is 23.8 Å². The average Bonchev–Trinajstić information content (AvgIpc) is 2.21. The highest BCUT2D eigenvalue weighted by molar-refractivity contribution is 6.30. The molecule has 0 saturated carbocycles. The smallest absolute Gasteiger partial charge is 0.0783 e. The molecule has 16 heavy (non-hydrogen) atoms. The lowest BCUT2D eigenvalue weighted by Crippen LogP contribution is -2.39. The van der Waals surface area contributed by atoms with Gasteiger partial charge in [-0.2, -0.15) is 0 Å². The second-order valence-electron chi connectivity index (χ2n) is 4.48. The van der Waals surface area contributed by atoms with Gasteiger partial charge in [-0.05, 0) is 37.6 Å². The molecule has 1 atom stereocenters. The molecule has 0 aliphatic carbocycles. The number of halogens is 1. The maximum atomic E-state index is 10.2. The minimum absolute atomic E-state index is 0.615. The van der Waals surface area contributed by atoms with Gasteiger partial charge in [0.2, 0.25) is 0 Å². The summed E-state index contributed by atoms with van der Waals surface area (Å²) in [5, 5.41) is 14.1. The van der Waals surface area contributed by atoms with E-state index in [0.717, 1.165) is 23.6 Å². The number of hydrogen-bond donors (Lipinski definition) is 2. The Balaban J connectivity index is 2.48. The third-order valence-electron chi connectivity index (χ3n) is 2.43. The van der Waals surface area contributed by atoms with Crippen molar-refractivity contribution < 1.29 is 5.11 Å². The molecular weight excluding hydrogens is 222 g/mol. The first-order valence-electron chi connectivity index (χ1n) is 5.71. The van der Waals surface area contributed by atoms with Crippen molar-refractivity contribution in [3.05, 3.63) is 34.9 Å². The SMILES string of the molecule is CCCNCC(C)(O)Cc1ccc(Cl)cc1. The van der Waals surface area contributed by atoms with E-state index in [-0.39, 0.29) is 0 Å². The van der Waals surface area contributed by atoms with Crippen molar-refractivity contribution in [2.75, 3.05) is 13.1 Å². The minimum Gasteiger partial charge on any atom is -0.389 e. The molecule has 0 amide bonds. The summed E-state index contributed by atoms with van der Waals surface area (Å²) < 4.78 is 0. The van der Waals surface area contributed by atoms with E-state index < -0.39 is 5.60 Å². The van der Waals surface area contributed by atoms with Crippen LogP contribution in [0.4, 0.5) is 0 Å². The molecule has 1 aromatic rings. The zero-order valence-electron chi connectivity index (χ0n) is 9.96. The van der Waals surface area contributed by atoms with Crippen LogP contribution in [0, 0.1) is 0 Å². The topological polar surface area (TPSA) is 32.3 Å². The van der Waals surface area contributed by atoms with Crippen LogP contribution in [0.2, 0.25) is 5.02 Å². The number of rotatable bonds is 6. The number of benzene rings is 1. The van der Waals surface area contributed by atoms with Gasteiger partial charge in [-0.3, -0.25) is 0 Å². The summed E-state index contributed by atoms with van der Waals surface area (Å²) in [4.78, 5) is 0. The van der Waals surface area contributed by atoms with Crippen molar-refractivity contribution in [1.29, 1.82) is 0 Å². The molecular formula is C13H20ClNO. The van der Waals surface area contributed by atoms with Crippen molar-refractivity contribution in [3.63, 3.8) is 0 Å². The Bertz CT molecular complexity index is 308. The van der Waals surface area contributed by atoms with Crippen molar-refractivity contribution >= 4 is 11.6 Å². The summed E-state index contributed by atoms with van der Waals surface area (Å²) in [7, 11) is 0. The van der Waals surface area contributed by atoms with Crippen LogP contribution in [0.3, 0.4) is 0 Å². The highest BCUT2D eigenvalue weighted by Crippen LogP contribution is 2.15. The molecule has 1 aromatic carbocycles. The molecule has 1 rings (SSSR count). The molecule has 0 aliphatic rings. The highest BCUT2D eigenvalue weighted by atomic mass is 35.5. The third kappa shape index (κ3) is 4.97. The summed E-state index contributed by atoms with van der Waals surface area (Å²) in [6.45, 7) is 5.52. The summed E-state index contributed by atoms with van der Waals surface area (Å²) in [5.41, 5.74) is 0.399. The Morgan fingerprint density at radius 1 is 1.31 bits per heavy atom. The second-order valence-corrected chi connectivity index (χ2v) is 4.91. The van der Waals surface area contributed by atoms with Gasteiger partial charge in [0.05, 0.1) is 5.60 Å². The van der Waals surface area contributed by atoms with Gasteiger partial charge in [-0.15, -0.1) is 0 Å². The van der Waals surface area contributed by atoms with Crippen LogP contribution in [0.25, 0.3) is 0 Å². The van der Waals surface area contributed by atoms with Gasteiger partial charge in [-0.25, -0.2) is 0 Å². The first-order valence-corrected chi connectivity index (χ1v) is 6.09. The van der Waals surface area contributed by atoms with E-state index in [1.54, 1.807) is 0 Å². The fraction of sp³-hybridized carbons (Fsp3) is 0.538. The third-order valence-corrected chi connectivity index (χ3v) is 2.68. The summed E-state index contributed by atoms with van der Waals surface area (Å²) in [6.07, 6.45) is 1.72. The molecule has 0 spiro atoms. The van der Waals surface area contributed by atoms with E-state index in [9.17, 15) is 5.11 Å². The van der Waals surface area contributed by atoms with Crippen LogP contribution in [-0.2, 0) is 6.42 Å². The maximum absolute atomic E-state index is 10.2. The Morgan fingerprint density at radius 2 is 1.94 bits per heavy atom. The summed E-state index contributed by atoms with van der Waals surface area (Å²) in [5.74, 6) is 0. The lowest BCUT2D eigenvalue weighted by Gasteiger charge is -2.23. The van der Waals surface area contributed by atoms with E-state index in [0.29, 0.717) is 13.0 Å². The van der Waals surface area contributed by atoms with Gasteiger partial charge < -0.3 is 10.4 Å². The number of aliphatic hydroxyl groups is 1. The molecule has 0 saturated heterocycles. The summed E-state index contributed by atoms with van der Waals surface area (Å²) >= 11 is 5.81. The fourth-order valence-corrected chi connectivity index (χ4v) is 1.76. The molecule has 0 fully saturated rings. The number of nitrogens with one attached hydrogen (secondary N) is 1. The fourth-order valence-electron chi connectivity index (χ4n) is 1.64. The van der Waals surface area contributed by atoms with Gasteiger partial charge in [0.25, 0.3) is 0 Å². The quantitative estimate of drug-likeness (QED) is 0.751. The lowest BCUT2D eigenvalue weighted by molar-refractivity contribution is 0.0604. The van der Waals surface area contributed by atoms with E-state index >= 15 is 0 Å². The zero-order chi connectivity index (χ0) is 12.0. The Kier molecular flexibility index (Phi) is 5.26. The predicted octanol–water partition coefficient (Wildman–Crippen LogP) is 2.63. The van der Waals surface area contributed by atoms with Gasteiger partial charge >= 0.3 is 0 Å². The van der Waals surface area contributed by atoms with Crippen molar-refractivity contribution in [2.24, 2.45) is 0 Å². The standard InChI is InChI=1S/C13H20ClNO/c1-3-8-15-10-13(2,16)9-11-4-6-12(14)7-5-11/h4-7,15-16H,3,8-10H2,1-2H3. The zero-order valence-corrected chi connectivity index (χ0v) is 10.7. The van der Waals surface area contributed by atoms with Crippen LogP contribution in [0.15, 0.2) is 24.3 Å². The molecule has 0 aromatic heterocycles. The lowest BCUT2D eigenvalue weighted by atomic mass is 9.96.